The van der Waals surface area contributed by atoms with Crippen LogP contribution in [0.4, 0.5) is 11.4 Å². The van der Waals surface area contributed by atoms with E-state index < -0.39 is 17.8 Å². The van der Waals surface area contributed by atoms with Gasteiger partial charge in [0, 0.05) is 5.69 Å². The Morgan fingerprint density at radius 3 is 2.40 bits per heavy atom. The van der Waals surface area contributed by atoms with Crippen molar-refractivity contribution in [1.29, 1.82) is 0 Å². The first-order chi connectivity index (χ1) is 14.5. The molecule has 30 heavy (non-hydrogen) atoms. The second kappa shape index (κ2) is 9.45. The van der Waals surface area contributed by atoms with Gasteiger partial charge >= 0.3 is 5.97 Å². The predicted molar refractivity (Wildman–Crippen MR) is 114 cm³/mol. The molecule has 0 spiro atoms. The van der Waals surface area contributed by atoms with Crippen LogP contribution < -0.4 is 15.0 Å². The molecule has 3 rings (SSSR count). The number of hydrogen-bond acceptors (Lipinski definition) is 6. The van der Waals surface area contributed by atoms with Gasteiger partial charge in [0.15, 0.2) is 0 Å². The van der Waals surface area contributed by atoms with Crippen molar-refractivity contribution in [2.75, 3.05) is 23.4 Å². The number of imide groups is 1. The topological polar surface area (TPSA) is 84.9 Å². The van der Waals surface area contributed by atoms with E-state index in [-0.39, 0.29) is 10.7 Å². The smallest absolute Gasteiger partial charge is 0.338 e. The lowest BCUT2D eigenvalue weighted by Gasteiger charge is -2.18. The van der Waals surface area contributed by atoms with Crippen LogP contribution in [0.5, 0.6) is 5.75 Å². The van der Waals surface area contributed by atoms with Gasteiger partial charge in [-0.3, -0.25) is 9.59 Å². The van der Waals surface area contributed by atoms with Crippen LogP contribution in [0.25, 0.3) is 0 Å². The molecule has 0 saturated carbocycles. The first kappa shape index (κ1) is 21.4. The Hall–Kier alpha value is -3.32. The molecule has 1 aliphatic rings. The Bertz CT molecular complexity index is 1000. The van der Waals surface area contributed by atoms with Gasteiger partial charge in [0.05, 0.1) is 24.5 Å². The third-order valence-corrected chi connectivity index (χ3v) is 4.61. The first-order valence-electron chi connectivity index (χ1n) is 9.52. The summed E-state index contributed by atoms with van der Waals surface area (Å²) in [6.07, 6.45) is 0.733. The summed E-state index contributed by atoms with van der Waals surface area (Å²) in [6.45, 7) is 4.45. The normalized spacial score (nSPS) is 13.6. The lowest BCUT2D eigenvalue weighted by molar-refractivity contribution is -0.120. The Labute approximate surface area is 179 Å². The summed E-state index contributed by atoms with van der Waals surface area (Å²) in [5, 5.41) is 2.65. The Balaban J connectivity index is 1.80. The zero-order valence-corrected chi connectivity index (χ0v) is 17.4. The van der Waals surface area contributed by atoms with Gasteiger partial charge in [-0.1, -0.05) is 30.7 Å². The summed E-state index contributed by atoms with van der Waals surface area (Å²) in [4.78, 5) is 38.5. The zero-order valence-electron chi connectivity index (χ0n) is 16.6. The highest BCUT2D eigenvalue weighted by Crippen LogP contribution is 2.35. The van der Waals surface area contributed by atoms with Gasteiger partial charge in [0.25, 0.3) is 11.8 Å². The molecule has 0 bridgehead atoms. The fourth-order valence-corrected chi connectivity index (χ4v) is 3.07. The van der Waals surface area contributed by atoms with Crippen molar-refractivity contribution in [1.82, 2.24) is 0 Å². The number of nitrogens with zero attached hydrogens (tertiary/aromatic N) is 1. The quantitative estimate of drug-likeness (QED) is 0.503. The van der Waals surface area contributed by atoms with Crippen molar-refractivity contribution >= 4 is 40.8 Å². The number of para-hydroxylation sites is 2. The lowest BCUT2D eigenvalue weighted by Crippen LogP contribution is -2.32. The minimum Gasteiger partial charge on any atom is -0.492 e. The van der Waals surface area contributed by atoms with Gasteiger partial charge in [0.1, 0.15) is 16.5 Å². The molecule has 0 atom stereocenters. The Morgan fingerprint density at radius 2 is 1.73 bits per heavy atom. The average molecular weight is 429 g/mol. The number of esters is 1. The fourth-order valence-electron chi connectivity index (χ4n) is 2.86. The van der Waals surface area contributed by atoms with E-state index in [0.717, 1.165) is 11.3 Å². The van der Waals surface area contributed by atoms with Crippen molar-refractivity contribution in [3.8, 4) is 5.75 Å². The second-order valence-electron chi connectivity index (χ2n) is 6.37. The molecule has 1 aliphatic heterocycles. The third kappa shape index (κ3) is 4.31. The summed E-state index contributed by atoms with van der Waals surface area (Å²) in [7, 11) is 0. The third-order valence-electron chi connectivity index (χ3n) is 4.26. The van der Waals surface area contributed by atoms with Crippen LogP contribution in [0, 0.1) is 0 Å². The number of ether oxygens (including phenoxy) is 2. The highest BCUT2D eigenvalue weighted by Gasteiger charge is 2.40. The first-order valence-corrected chi connectivity index (χ1v) is 9.90. The molecule has 0 unspecified atom stereocenters. The molecule has 0 radical (unpaired) electrons. The predicted octanol–water partition coefficient (Wildman–Crippen LogP) is 4.09. The number of halogens is 1. The number of carbonyl (C=O) groups is 3. The van der Waals surface area contributed by atoms with Gasteiger partial charge in [-0.25, -0.2) is 9.69 Å². The standard InChI is InChI=1S/C22H21ClN2O5/c1-3-13-30-22(28)14-9-11-15(12-10-14)24-19-18(23)20(26)25(21(19)27)16-7-5-6-8-17(16)29-4-2/h5-12,24H,3-4,13H2,1-2H3. The number of amides is 2. The minimum absolute atomic E-state index is 0.0470. The maximum absolute atomic E-state index is 13.0. The monoisotopic (exact) mass is 428 g/mol. The van der Waals surface area contributed by atoms with E-state index >= 15 is 0 Å². The van der Waals surface area contributed by atoms with Crippen molar-refractivity contribution in [2.24, 2.45) is 0 Å². The second-order valence-corrected chi connectivity index (χ2v) is 6.75. The fraction of sp³-hybridized carbons (Fsp3) is 0.227. The summed E-state index contributed by atoms with van der Waals surface area (Å²) in [5.41, 5.74) is 1.15. The Morgan fingerprint density at radius 1 is 1.03 bits per heavy atom. The summed E-state index contributed by atoms with van der Waals surface area (Å²) >= 11 is 6.18. The van der Waals surface area contributed by atoms with E-state index in [1.165, 1.54) is 0 Å². The number of carbonyl (C=O) groups excluding carboxylic acids is 3. The van der Waals surface area contributed by atoms with Crippen LogP contribution in [0.3, 0.4) is 0 Å². The molecule has 1 heterocycles. The average Bonchev–Trinajstić information content (AvgIpc) is 2.96. The number of nitrogens with one attached hydrogen (secondary N) is 1. The highest BCUT2D eigenvalue weighted by molar-refractivity contribution is 6.53. The molecule has 7 nitrogen and oxygen atoms in total. The minimum atomic E-state index is -0.643. The molecule has 0 saturated heterocycles. The molecule has 0 aliphatic carbocycles. The summed E-state index contributed by atoms with van der Waals surface area (Å²) in [5.74, 6) is -1.26. The number of rotatable bonds is 8. The summed E-state index contributed by atoms with van der Waals surface area (Å²) < 4.78 is 10.6. The highest BCUT2D eigenvalue weighted by atomic mass is 35.5. The molecule has 1 N–H and O–H groups in total. The number of anilines is 2. The SMILES string of the molecule is CCCOC(=O)c1ccc(NC2=C(Cl)C(=O)N(c3ccccc3OCC)C2=O)cc1. The molecule has 2 aromatic carbocycles. The van der Waals surface area contributed by atoms with Gasteiger partial charge in [0.2, 0.25) is 0 Å². The van der Waals surface area contributed by atoms with Crippen LogP contribution in [0.2, 0.25) is 0 Å². The summed E-state index contributed by atoms with van der Waals surface area (Å²) in [6, 6.07) is 13.1. The van der Waals surface area contributed by atoms with Crippen LogP contribution in [0.1, 0.15) is 30.6 Å². The zero-order chi connectivity index (χ0) is 21.7. The van der Waals surface area contributed by atoms with Crippen molar-refractivity contribution < 1.29 is 23.9 Å². The van der Waals surface area contributed by atoms with E-state index in [0.29, 0.717) is 35.9 Å². The molecule has 156 valence electrons. The maximum Gasteiger partial charge on any atom is 0.338 e. The van der Waals surface area contributed by atoms with Gasteiger partial charge in [-0.05, 0) is 49.7 Å². The van der Waals surface area contributed by atoms with Crippen LogP contribution in [-0.2, 0) is 14.3 Å². The van der Waals surface area contributed by atoms with E-state index in [9.17, 15) is 14.4 Å². The van der Waals surface area contributed by atoms with Crippen molar-refractivity contribution in [2.45, 2.75) is 20.3 Å². The molecule has 0 aromatic heterocycles. The van der Waals surface area contributed by atoms with E-state index in [4.69, 9.17) is 21.1 Å². The van der Waals surface area contributed by atoms with Crippen LogP contribution >= 0.6 is 11.6 Å². The van der Waals surface area contributed by atoms with Gasteiger partial charge in [-0.2, -0.15) is 0 Å². The largest absolute Gasteiger partial charge is 0.492 e. The van der Waals surface area contributed by atoms with Crippen molar-refractivity contribution in [3.63, 3.8) is 0 Å². The number of hydrogen-bond donors (Lipinski definition) is 1. The Kier molecular flexibility index (Phi) is 6.74. The molecule has 0 fully saturated rings. The molecule has 8 heteroatoms. The molecular weight excluding hydrogens is 408 g/mol. The van der Waals surface area contributed by atoms with Crippen LogP contribution in [-0.4, -0.2) is 31.0 Å². The van der Waals surface area contributed by atoms with Gasteiger partial charge < -0.3 is 14.8 Å². The molecule has 2 amide bonds. The van der Waals surface area contributed by atoms with Crippen molar-refractivity contribution in [3.05, 3.63) is 64.8 Å². The maximum atomic E-state index is 13.0. The van der Waals surface area contributed by atoms with Gasteiger partial charge in [-0.15, -0.1) is 0 Å². The number of benzene rings is 2. The van der Waals surface area contributed by atoms with E-state index in [1.54, 1.807) is 48.5 Å². The molecule has 2 aromatic rings. The lowest BCUT2D eigenvalue weighted by atomic mass is 10.2. The molecular formula is C22H21ClN2O5. The van der Waals surface area contributed by atoms with E-state index in [2.05, 4.69) is 5.32 Å². The van der Waals surface area contributed by atoms with Crippen LogP contribution in [0.15, 0.2) is 59.3 Å². The van der Waals surface area contributed by atoms with E-state index in [1.807, 2.05) is 13.8 Å².